The smallest absolute Gasteiger partial charge is 0.406 e. The third kappa shape index (κ3) is 7.04. The number of benzene rings is 2. The number of nitrogens with zero attached hydrogens (tertiary/aromatic N) is 2. The Hall–Kier alpha value is -3.03. The van der Waals surface area contributed by atoms with Gasteiger partial charge in [-0.3, -0.25) is 9.36 Å². The largest absolute Gasteiger partial charge is 0.455 e. The van der Waals surface area contributed by atoms with Gasteiger partial charge >= 0.3 is 18.1 Å². The third-order valence-corrected chi connectivity index (χ3v) is 14.1. The molecular formula is C29H36ClF5N4O3Si. The van der Waals surface area contributed by atoms with Crippen molar-refractivity contribution in [2.75, 3.05) is 11.9 Å². The number of amides is 2. The van der Waals surface area contributed by atoms with E-state index in [1.54, 1.807) is 24.3 Å². The molecule has 0 saturated heterocycles. The van der Waals surface area contributed by atoms with Gasteiger partial charge in [0, 0.05) is 5.69 Å². The number of carbonyl (C=O) groups excluding carboxylic acids is 1. The number of hydrogen-bond acceptors (Lipinski definition) is 4. The maximum absolute atomic E-state index is 14.0. The predicted octanol–water partition coefficient (Wildman–Crippen LogP) is 8.61. The molecule has 0 radical (unpaired) electrons. The molecule has 3 rings (SSSR count). The van der Waals surface area contributed by atoms with Crippen molar-refractivity contribution < 1.29 is 31.2 Å². The first kappa shape index (κ1) is 34.5. The lowest BCUT2D eigenvalue weighted by Gasteiger charge is -2.44. The van der Waals surface area contributed by atoms with E-state index >= 15 is 0 Å². The zero-order valence-electron chi connectivity index (χ0n) is 24.9. The van der Waals surface area contributed by atoms with Crippen LogP contribution >= 0.6 is 11.6 Å². The Bertz CT molecular complexity index is 1510. The molecule has 14 heteroatoms. The molecule has 0 unspecified atom stereocenters. The molecular weight excluding hydrogens is 611 g/mol. The lowest BCUT2D eigenvalue weighted by Crippen LogP contribution is -2.48. The van der Waals surface area contributed by atoms with Crippen molar-refractivity contribution >= 4 is 42.5 Å². The molecule has 0 aliphatic rings. The van der Waals surface area contributed by atoms with Gasteiger partial charge < -0.3 is 15.1 Å². The number of urea groups is 1. The molecule has 43 heavy (non-hydrogen) atoms. The lowest BCUT2D eigenvalue weighted by molar-refractivity contribution is -0.278. The average molecular weight is 647 g/mol. The van der Waals surface area contributed by atoms with E-state index in [9.17, 15) is 31.5 Å². The van der Waals surface area contributed by atoms with Gasteiger partial charge in [0.25, 0.3) is 5.56 Å². The van der Waals surface area contributed by atoms with Crippen molar-refractivity contribution in [1.82, 2.24) is 14.9 Å². The standard InChI is InChI=1S/C29H36ClF5N4O3Si/c1-16(2)43(17(3)4,18(5)6)42-19(7)25-38-23-13-9-12-22(30)24(23)26(40)39(25)21-11-8-10-20(14-21)37-27(41)36-15-28(31,32)29(33,34)35/h8-14,16-19H,15H2,1-7H3,(H2,36,37,41)/t19-/m0/s1. The first-order valence-corrected chi connectivity index (χ1v) is 16.3. The molecule has 1 atom stereocenters. The highest BCUT2D eigenvalue weighted by Crippen LogP contribution is 2.45. The molecule has 2 N–H and O–H groups in total. The number of aromatic nitrogens is 2. The van der Waals surface area contributed by atoms with E-state index in [1.807, 2.05) is 6.92 Å². The summed E-state index contributed by atoms with van der Waals surface area (Å²) >= 11 is 6.40. The fraction of sp³-hybridized carbons (Fsp3) is 0.483. The fourth-order valence-electron chi connectivity index (χ4n) is 5.69. The molecule has 1 heterocycles. The fourth-order valence-corrected chi connectivity index (χ4v) is 11.5. The molecule has 2 amide bonds. The van der Waals surface area contributed by atoms with E-state index in [1.165, 1.54) is 28.1 Å². The van der Waals surface area contributed by atoms with Crippen LogP contribution in [0.4, 0.5) is 32.4 Å². The Labute approximate surface area is 252 Å². The highest BCUT2D eigenvalue weighted by Gasteiger charge is 2.57. The number of fused-ring (bicyclic) bond motifs is 1. The minimum absolute atomic E-state index is 0.0336. The number of nitrogens with one attached hydrogen (secondary N) is 2. The Kier molecular flexibility index (Phi) is 10.3. The summed E-state index contributed by atoms with van der Waals surface area (Å²) in [6, 6.07) is 9.45. The van der Waals surface area contributed by atoms with Gasteiger partial charge in [0.2, 0.25) is 8.32 Å². The van der Waals surface area contributed by atoms with E-state index in [2.05, 4.69) is 46.9 Å². The Morgan fingerprint density at radius 1 is 0.977 bits per heavy atom. The molecule has 3 aromatic rings. The average Bonchev–Trinajstić information content (AvgIpc) is 2.89. The molecule has 0 aliphatic heterocycles. The van der Waals surface area contributed by atoms with Gasteiger partial charge in [-0.15, -0.1) is 0 Å². The Morgan fingerprint density at radius 2 is 1.56 bits per heavy atom. The maximum atomic E-state index is 14.0. The van der Waals surface area contributed by atoms with Gasteiger partial charge in [0.05, 0.1) is 28.2 Å². The zero-order chi connectivity index (χ0) is 32.5. The van der Waals surface area contributed by atoms with Gasteiger partial charge in [-0.25, -0.2) is 9.78 Å². The summed E-state index contributed by atoms with van der Waals surface area (Å²) in [6.45, 7) is 12.7. The van der Waals surface area contributed by atoms with Crippen LogP contribution in [0, 0.1) is 0 Å². The number of hydrogen-bond donors (Lipinski definition) is 2. The van der Waals surface area contributed by atoms with E-state index in [4.69, 9.17) is 21.0 Å². The number of halogens is 6. The van der Waals surface area contributed by atoms with E-state index in [0.717, 1.165) is 0 Å². The summed E-state index contributed by atoms with van der Waals surface area (Å²) in [5, 5.41) is 4.11. The maximum Gasteiger partial charge on any atom is 0.455 e. The van der Waals surface area contributed by atoms with Crippen LogP contribution in [0.2, 0.25) is 21.6 Å². The second-order valence-corrected chi connectivity index (χ2v) is 17.2. The highest BCUT2D eigenvalue weighted by molar-refractivity contribution is 6.77. The molecule has 0 fully saturated rings. The van der Waals surface area contributed by atoms with Crippen molar-refractivity contribution in [2.45, 2.75) is 83.3 Å². The van der Waals surface area contributed by atoms with E-state index < -0.39 is 44.7 Å². The minimum atomic E-state index is -5.82. The molecule has 0 aliphatic carbocycles. The highest BCUT2D eigenvalue weighted by atomic mass is 35.5. The lowest BCUT2D eigenvalue weighted by atomic mass is 10.2. The van der Waals surface area contributed by atoms with Crippen molar-refractivity contribution in [1.29, 1.82) is 0 Å². The minimum Gasteiger partial charge on any atom is -0.406 e. The number of alkyl halides is 5. The van der Waals surface area contributed by atoms with Crippen LogP contribution in [-0.4, -0.2) is 42.5 Å². The Morgan fingerprint density at radius 3 is 2.12 bits per heavy atom. The molecule has 0 saturated carbocycles. The summed E-state index contributed by atoms with van der Waals surface area (Å²) in [7, 11) is -2.45. The molecule has 236 valence electrons. The number of rotatable bonds is 10. The van der Waals surface area contributed by atoms with Crippen LogP contribution in [0.1, 0.15) is 60.4 Å². The van der Waals surface area contributed by atoms with Crippen molar-refractivity contribution in [3.63, 3.8) is 0 Å². The molecule has 1 aromatic heterocycles. The second-order valence-electron chi connectivity index (χ2n) is 11.4. The van der Waals surface area contributed by atoms with Gasteiger partial charge in [-0.05, 0) is 53.9 Å². The summed E-state index contributed by atoms with van der Waals surface area (Å²) in [6.07, 6.45) is -6.47. The first-order chi connectivity index (χ1) is 19.8. The normalized spacial score (nSPS) is 13.7. The van der Waals surface area contributed by atoms with Crippen molar-refractivity contribution in [2.24, 2.45) is 0 Å². The number of anilines is 1. The summed E-state index contributed by atoms with van der Waals surface area (Å²) in [5.41, 5.74) is 0.852. The van der Waals surface area contributed by atoms with Crippen LogP contribution in [0.15, 0.2) is 47.3 Å². The van der Waals surface area contributed by atoms with Gasteiger partial charge in [-0.1, -0.05) is 65.3 Å². The quantitative estimate of drug-likeness (QED) is 0.171. The molecule has 0 spiro atoms. The van der Waals surface area contributed by atoms with Crippen LogP contribution in [0.3, 0.4) is 0 Å². The second kappa shape index (κ2) is 12.9. The van der Waals surface area contributed by atoms with Crippen LogP contribution < -0.4 is 16.2 Å². The Balaban J connectivity index is 2.10. The van der Waals surface area contributed by atoms with Gasteiger partial charge in [0.15, 0.2) is 0 Å². The summed E-state index contributed by atoms with van der Waals surface area (Å²) in [5.74, 6) is -4.83. The summed E-state index contributed by atoms with van der Waals surface area (Å²) < 4.78 is 72.3. The zero-order valence-corrected chi connectivity index (χ0v) is 26.7. The van der Waals surface area contributed by atoms with Gasteiger partial charge in [0.1, 0.15) is 11.9 Å². The molecule has 0 bridgehead atoms. The van der Waals surface area contributed by atoms with Crippen LogP contribution in [0.5, 0.6) is 0 Å². The molecule has 7 nitrogen and oxygen atoms in total. The topological polar surface area (TPSA) is 85.2 Å². The third-order valence-electron chi connectivity index (χ3n) is 7.57. The predicted molar refractivity (Wildman–Crippen MR) is 161 cm³/mol. The van der Waals surface area contributed by atoms with Crippen molar-refractivity contribution in [3.05, 3.63) is 63.7 Å². The van der Waals surface area contributed by atoms with Crippen molar-refractivity contribution in [3.8, 4) is 5.69 Å². The monoisotopic (exact) mass is 646 g/mol. The molecule has 2 aromatic carbocycles. The van der Waals surface area contributed by atoms with Gasteiger partial charge in [-0.2, -0.15) is 22.0 Å². The SMILES string of the molecule is CC(C)[Si](O[C@@H](C)c1nc2cccc(Cl)c2c(=O)n1-c1cccc(NC(=O)NCC(F)(F)C(F)(F)F)c1)(C(C)C)C(C)C. The van der Waals surface area contributed by atoms with E-state index in [-0.39, 0.29) is 44.2 Å². The van der Waals surface area contributed by atoms with Crippen LogP contribution in [0.25, 0.3) is 16.6 Å². The first-order valence-electron chi connectivity index (χ1n) is 13.8. The van der Waals surface area contributed by atoms with E-state index in [0.29, 0.717) is 5.52 Å². The number of carbonyl (C=O) groups is 1. The summed E-state index contributed by atoms with van der Waals surface area (Å²) in [4.78, 5) is 31.0. The van der Waals surface area contributed by atoms with Crippen LogP contribution in [-0.2, 0) is 4.43 Å².